The highest BCUT2D eigenvalue weighted by molar-refractivity contribution is 9.10. The molecule has 0 bridgehead atoms. The summed E-state index contributed by atoms with van der Waals surface area (Å²) < 4.78 is 88.1. The van der Waals surface area contributed by atoms with E-state index in [4.69, 9.17) is 10.9 Å². The van der Waals surface area contributed by atoms with E-state index in [1.165, 1.54) is 6.92 Å². The van der Waals surface area contributed by atoms with Crippen molar-refractivity contribution < 1.29 is 30.0 Å². The molecule has 0 atom stereocenters. The molecule has 0 fully saturated rings. The van der Waals surface area contributed by atoms with Crippen molar-refractivity contribution in [2.75, 3.05) is 5.73 Å². The lowest BCUT2D eigenvalue weighted by molar-refractivity contribution is -0.139. The van der Waals surface area contributed by atoms with Gasteiger partial charge in [0.15, 0.2) is 0 Å². The third kappa shape index (κ3) is 3.87. The van der Waals surface area contributed by atoms with Gasteiger partial charge in [-0.15, -0.1) is 0 Å². The minimum absolute atomic E-state index is 0.0170. The van der Waals surface area contributed by atoms with Crippen LogP contribution in [0.1, 0.15) is 11.1 Å². The fraction of sp³-hybridized carbons (Fsp3) is 0.143. The van der Waals surface area contributed by atoms with Crippen molar-refractivity contribution in [3.05, 3.63) is 45.9 Å². The Balaban J connectivity index is 2.77. The Morgan fingerprint density at radius 2 is 1.58 bits per heavy atom. The Hall–Kier alpha value is -1.63. The van der Waals surface area contributed by atoms with Crippen LogP contribution >= 0.6 is 15.9 Å². The average molecular weight is 473 g/mol. The first kappa shape index (κ1) is 20.7. The van der Waals surface area contributed by atoms with Gasteiger partial charge >= 0.3 is 6.18 Å². The molecule has 0 saturated carbocycles. The lowest BCUT2D eigenvalue weighted by Gasteiger charge is -2.16. The largest absolute Gasteiger partial charge is 0.417 e. The lowest BCUT2D eigenvalue weighted by Crippen LogP contribution is -2.16. The molecule has 2 aromatic rings. The van der Waals surface area contributed by atoms with Crippen LogP contribution in [0.4, 0.5) is 18.9 Å². The van der Waals surface area contributed by atoms with Gasteiger partial charge in [-0.2, -0.15) is 13.2 Å². The van der Waals surface area contributed by atoms with E-state index in [-0.39, 0.29) is 20.6 Å². The van der Waals surface area contributed by atoms with Crippen LogP contribution in [-0.2, 0) is 26.0 Å². The summed E-state index contributed by atoms with van der Waals surface area (Å²) in [6, 6.07) is 4.03. The maximum Gasteiger partial charge on any atom is 0.417 e. The van der Waals surface area contributed by atoms with Gasteiger partial charge < -0.3 is 5.73 Å². The molecule has 0 radical (unpaired) electrons. The number of sulfone groups is 1. The quantitative estimate of drug-likeness (QED) is 0.665. The molecule has 0 amide bonds. The monoisotopic (exact) mass is 472 g/mol. The van der Waals surface area contributed by atoms with E-state index in [1.54, 1.807) is 0 Å². The van der Waals surface area contributed by atoms with Crippen molar-refractivity contribution >= 4 is 41.5 Å². The maximum atomic E-state index is 13.3. The number of rotatable bonds is 3. The van der Waals surface area contributed by atoms with E-state index in [0.717, 1.165) is 24.3 Å². The minimum Gasteiger partial charge on any atom is -0.398 e. The number of hydrogen-bond donors (Lipinski definition) is 2. The molecule has 26 heavy (non-hydrogen) atoms. The Morgan fingerprint density at radius 3 is 2.04 bits per heavy atom. The van der Waals surface area contributed by atoms with Crippen molar-refractivity contribution in [3.8, 4) is 0 Å². The Kier molecular flexibility index (Phi) is 5.18. The molecule has 0 heterocycles. The number of hydrogen-bond acceptors (Lipinski definition) is 5. The maximum absolute atomic E-state index is 13.3. The molecule has 6 nitrogen and oxygen atoms in total. The normalized spacial score (nSPS) is 13.0. The van der Waals surface area contributed by atoms with Gasteiger partial charge in [-0.3, -0.25) is 0 Å². The standard InChI is InChI=1S/C14H12BrF3N2O4S2/c1-7-4-8(2-3-12(7)26(20,23)24)25(21,22)13-6-10(15)11(19)5-9(13)14(16,17)18/h2-6H,19H2,1H3,(H2,20,23,24). The molecule has 12 heteroatoms. The van der Waals surface area contributed by atoms with Crippen LogP contribution in [0, 0.1) is 6.92 Å². The van der Waals surface area contributed by atoms with E-state index in [0.29, 0.717) is 6.07 Å². The van der Waals surface area contributed by atoms with Crippen molar-refractivity contribution in [3.63, 3.8) is 0 Å². The number of halogens is 4. The number of nitrogen functional groups attached to an aromatic ring is 1. The summed E-state index contributed by atoms with van der Waals surface area (Å²) in [5, 5.41) is 5.00. The molecule has 0 aliphatic heterocycles. The summed E-state index contributed by atoms with van der Waals surface area (Å²) in [6.07, 6.45) is -4.97. The van der Waals surface area contributed by atoms with Gasteiger partial charge in [0, 0.05) is 10.2 Å². The predicted molar refractivity (Wildman–Crippen MR) is 91.6 cm³/mol. The van der Waals surface area contributed by atoms with Crippen molar-refractivity contribution in [1.82, 2.24) is 0 Å². The zero-order valence-electron chi connectivity index (χ0n) is 13.0. The molecule has 0 saturated heterocycles. The van der Waals surface area contributed by atoms with E-state index in [2.05, 4.69) is 15.9 Å². The van der Waals surface area contributed by atoms with Gasteiger partial charge in [-0.05, 0) is 58.7 Å². The van der Waals surface area contributed by atoms with Crippen LogP contribution in [0.25, 0.3) is 0 Å². The number of anilines is 1. The zero-order valence-corrected chi connectivity index (χ0v) is 16.2. The van der Waals surface area contributed by atoms with Gasteiger partial charge in [0.2, 0.25) is 19.9 Å². The molecule has 0 spiro atoms. The number of primary sulfonamides is 1. The third-order valence-corrected chi connectivity index (χ3v) is 7.01. The van der Waals surface area contributed by atoms with E-state index >= 15 is 0 Å². The molecule has 0 aliphatic carbocycles. The molecular weight excluding hydrogens is 461 g/mol. The molecule has 4 N–H and O–H groups in total. The van der Waals surface area contributed by atoms with Crippen molar-refractivity contribution in [2.24, 2.45) is 5.14 Å². The van der Waals surface area contributed by atoms with E-state index in [1.807, 2.05) is 0 Å². The predicted octanol–water partition coefficient (Wildman–Crippen LogP) is 2.84. The SMILES string of the molecule is Cc1cc(S(=O)(=O)c2cc(Br)c(N)cc2C(F)(F)F)ccc1S(N)(=O)=O. The first-order valence-electron chi connectivity index (χ1n) is 6.70. The Morgan fingerprint density at radius 1 is 1.00 bits per heavy atom. The van der Waals surface area contributed by atoms with Crippen molar-refractivity contribution in [2.45, 2.75) is 27.8 Å². The zero-order chi connectivity index (χ0) is 20.1. The number of alkyl halides is 3. The summed E-state index contributed by atoms with van der Waals surface area (Å²) in [5.74, 6) is 0. The van der Waals surface area contributed by atoms with Gasteiger partial charge in [0.1, 0.15) is 0 Å². The molecule has 2 aromatic carbocycles. The molecule has 0 aliphatic rings. The second kappa shape index (κ2) is 6.51. The van der Waals surface area contributed by atoms with Crippen LogP contribution < -0.4 is 10.9 Å². The highest BCUT2D eigenvalue weighted by Gasteiger charge is 2.38. The van der Waals surface area contributed by atoms with E-state index < -0.39 is 41.4 Å². The Bertz CT molecular complexity index is 1100. The van der Waals surface area contributed by atoms with Crippen molar-refractivity contribution in [1.29, 1.82) is 0 Å². The number of benzene rings is 2. The highest BCUT2D eigenvalue weighted by atomic mass is 79.9. The third-order valence-electron chi connectivity index (χ3n) is 3.46. The molecule has 2 rings (SSSR count). The summed E-state index contributed by atoms with van der Waals surface area (Å²) >= 11 is 2.91. The second-order valence-corrected chi connectivity index (χ2v) is 9.65. The number of sulfonamides is 1. The summed E-state index contributed by atoms with van der Waals surface area (Å²) in [5.41, 5.74) is 3.72. The smallest absolute Gasteiger partial charge is 0.398 e. The number of aryl methyl sites for hydroxylation is 1. The van der Waals surface area contributed by atoms with Crippen LogP contribution in [0.15, 0.2) is 49.5 Å². The van der Waals surface area contributed by atoms with Gasteiger partial charge in [-0.1, -0.05) is 0 Å². The van der Waals surface area contributed by atoms with Crippen LogP contribution in [0.3, 0.4) is 0 Å². The summed E-state index contributed by atoms with van der Waals surface area (Å²) in [4.78, 5) is -1.84. The average Bonchev–Trinajstić information content (AvgIpc) is 2.46. The van der Waals surface area contributed by atoms with Gasteiger partial charge in [0.05, 0.1) is 20.2 Å². The minimum atomic E-state index is -4.97. The number of nitrogens with two attached hydrogens (primary N) is 2. The van der Waals surface area contributed by atoms with Gasteiger partial charge in [-0.25, -0.2) is 22.0 Å². The van der Waals surface area contributed by atoms with Crippen LogP contribution in [0.5, 0.6) is 0 Å². The molecular formula is C14H12BrF3N2O4S2. The first-order chi connectivity index (χ1) is 11.7. The summed E-state index contributed by atoms with van der Waals surface area (Å²) in [6.45, 7) is 1.28. The molecule has 142 valence electrons. The topological polar surface area (TPSA) is 120 Å². The second-order valence-electron chi connectivity index (χ2n) is 5.34. The Labute approximate surface area is 156 Å². The fourth-order valence-electron chi connectivity index (χ4n) is 2.25. The fourth-order valence-corrected chi connectivity index (χ4v) is 5.08. The molecule has 0 unspecified atom stereocenters. The van der Waals surface area contributed by atoms with Crippen LogP contribution in [0.2, 0.25) is 0 Å². The summed E-state index contributed by atoms with van der Waals surface area (Å²) in [7, 11) is -8.72. The molecule has 0 aromatic heterocycles. The van der Waals surface area contributed by atoms with Gasteiger partial charge in [0.25, 0.3) is 0 Å². The van der Waals surface area contributed by atoms with Crippen LogP contribution in [-0.4, -0.2) is 16.8 Å². The van der Waals surface area contributed by atoms with E-state index in [9.17, 15) is 30.0 Å². The first-order valence-corrected chi connectivity index (χ1v) is 10.5. The lowest BCUT2D eigenvalue weighted by atomic mass is 10.2. The highest BCUT2D eigenvalue weighted by Crippen LogP contribution is 2.40.